The molecule has 3 rings (SSSR count). The molecule has 5 heteroatoms. The Bertz CT molecular complexity index is 629. The van der Waals surface area contributed by atoms with Crippen LogP contribution in [0.4, 0.5) is 5.13 Å². The van der Waals surface area contributed by atoms with E-state index in [1.807, 2.05) is 18.2 Å². The Hall–Kier alpha value is -1.62. The molecule has 20 heavy (non-hydrogen) atoms. The van der Waals surface area contributed by atoms with Gasteiger partial charge in [0.2, 0.25) is 0 Å². The van der Waals surface area contributed by atoms with Crippen LogP contribution in [0, 0.1) is 5.92 Å². The molecule has 0 bridgehead atoms. The fourth-order valence-electron chi connectivity index (χ4n) is 2.53. The van der Waals surface area contributed by atoms with E-state index in [-0.39, 0.29) is 5.91 Å². The maximum absolute atomic E-state index is 11.7. The zero-order chi connectivity index (χ0) is 14.1. The number of amides is 1. The Kier molecular flexibility index (Phi) is 3.61. The van der Waals surface area contributed by atoms with Crippen molar-refractivity contribution in [2.24, 2.45) is 5.92 Å². The largest absolute Gasteiger partial charge is 0.355 e. The monoisotopic (exact) mass is 289 g/mol. The first-order valence-corrected chi connectivity index (χ1v) is 7.86. The highest BCUT2D eigenvalue weighted by Gasteiger charge is 2.19. The molecule has 106 valence electrons. The van der Waals surface area contributed by atoms with Gasteiger partial charge in [-0.2, -0.15) is 0 Å². The zero-order valence-corrected chi connectivity index (χ0v) is 12.7. The number of nitrogens with one attached hydrogen (secondary N) is 1. The molecule has 4 nitrogen and oxygen atoms in total. The number of hydrogen-bond donors (Lipinski definition) is 1. The van der Waals surface area contributed by atoms with E-state index in [4.69, 9.17) is 4.98 Å². The minimum atomic E-state index is -0.0475. The third-order valence-electron chi connectivity index (χ3n) is 3.92. The average molecular weight is 289 g/mol. The molecule has 2 aromatic rings. The fourth-order valence-corrected chi connectivity index (χ4v) is 3.59. The molecular formula is C15H19N3OS. The number of aromatic nitrogens is 1. The Balaban J connectivity index is 1.88. The Morgan fingerprint density at radius 2 is 2.15 bits per heavy atom. The number of piperidine rings is 1. The summed E-state index contributed by atoms with van der Waals surface area (Å²) in [4.78, 5) is 18.7. The number of nitrogens with zero attached hydrogens (tertiary/aromatic N) is 2. The van der Waals surface area contributed by atoms with Crippen LogP contribution in [0.1, 0.15) is 30.1 Å². The Morgan fingerprint density at radius 1 is 1.40 bits per heavy atom. The van der Waals surface area contributed by atoms with Gasteiger partial charge in [-0.1, -0.05) is 18.3 Å². The van der Waals surface area contributed by atoms with E-state index in [9.17, 15) is 4.79 Å². The lowest BCUT2D eigenvalue weighted by atomic mass is 10.00. The summed E-state index contributed by atoms with van der Waals surface area (Å²) in [5.41, 5.74) is 1.68. The summed E-state index contributed by atoms with van der Waals surface area (Å²) in [5.74, 6) is 0.772. The van der Waals surface area contributed by atoms with Gasteiger partial charge in [0.15, 0.2) is 5.13 Å². The van der Waals surface area contributed by atoms with Crippen molar-refractivity contribution in [3.8, 4) is 0 Å². The molecule has 1 aliphatic rings. The number of rotatable bonds is 2. The lowest BCUT2D eigenvalue weighted by Gasteiger charge is -2.29. The van der Waals surface area contributed by atoms with Gasteiger partial charge in [0.05, 0.1) is 10.2 Å². The molecule has 0 saturated carbocycles. The van der Waals surface area contributed by atoms with Crippen LogP contribution in [-0.2, 0) is 0 Å². The number of benzene rings is 1. The van der Waals surface area contributed by atoms with Gasteiger partial charge in [0.25, 0.3) is 5.91 Å². The van der Waals surface area contributed by atoms with E-state index in [2.05, 4.69) is 17.1 Å². The highest BCUT2D eigenvalue weighted by molar-refractivity contribution is 7.22. The van der Waals surface area contributed by atoms with Gasteiger partial charge in [0, 0.05) is 25.7 Å². The van der Waals surface area contributed by atoms with Gasteiger partial charge in [-0.05, 0) is 37.0 Å². The van der Waals surface area contributed by atoms with Crippen LogP contribution in [0.5, 0.6) is 0 Å². The first kappa shape index (κ1) is 13.4. The zero-order valence-electron chi connectivity index (χ0n) is 11.8. The first-order valence-electron chi connectivity index (χ1n) is 7.05. The van der Waals surface area contributed by atoms with E-state index < -0.39 is 0 Å². The van der Waals surface area contributed by atoms with Crippen molar-refractivity contribution in [2.75, 3.05) is 25.0 Å². The highest BCUT2D eigenvalue weighted by atomic mass is 32.1. The van der Waals surface area contributed by atoms with Gasteiger partial charge in [-0.3, -0.25) is 4.79 Å². The van der Waals surface area contributed by atoms with Crippen molar-refractivity contribution in [3.05, 3.63) is 23.8 Å². The molecule has 0 radical (unpaired) electrons. The van der Waals surface area contributed by atoms with Crippen LogP contribution in [0.3, 0.4) is 0 Å². The van der Waals surface area contributed by atoms with E-state index in [1.165, 1.54) is 12.8 Å². The van der Waals surface area contributed by atoms with Gasteiger partial charge in [0.1, 0.15) is 0 Å². The third kappa shape index (κ3) is 2.50. The second kappa shape index (κ2) is 5.40. The lowest BCUT2D eigenvalue weighted by molar-refractivity contribution is 0.0963. The fraction of sp³-hybridized carbons (Fsp3) is 0.467. The summed E-state index contributed by atoms with van der Waals surface area (Å²) >= 11 is 1.68. The second-order valence-electron chi connectivity index (χ2n) is 5.43. The van der Waals surface area contributed by atoms with Crippen molar-refractivity contribution in [1.29, 1.82) is 0 Å². The van der Waals surface area contributed by atoms with E-state index in [0.717, 1.165) is 34.4 Å². The molecule has 2 heterocycles. The molecule has 1 aliphatic heterocycles. The van der Waals surface area contributed by atoms with E-state index in [1.54, 1.807) is 18.4 Å². The Labute approximate surface area is 122 Å². The number of thiazole rings is 1. The quantitative estimate of drug-likeness (QED) is 0.924. The van der Waals surface area contributed by atoms with Gasteiger partial charge >= 0.3 is 0 Å². The standard InChI is InChI=1S/C15H19N3OS/c1-10-5-7-18(8-6-10)15-17-12-4-3-11(14(19)16-2)9-13(12)20-15/h3-4,9-10H,5-8H2,1-2H3,(H,16,19). The van der Waals surface area contributed by atoms with Crippen LogP contribution >= 0.6 is 11.3 Å². The summed E-state index contributed by atoms with van der Waals surface area (Å²) in [5, 5.41) is 3.74. The minimum Gasteiger partial charge on any atom is -0.355 e. The summed E-state index contributed by atoms with van der Waals surface area (Å²) in [6.07, 6.45) is 2.47. The van der Waals surface area contributed by atoms with E-state index >= 15 is 0 Å². The molecule has 0 atom stereocenters. The minimum absolute atomic E-state index is 0.0475. The number of carbonyl (C=O) groups excluding carboxylic acids is 1. The van der Waals surface area contributed by atoms with E-state index in [0.29, 0.717) is 5.56 Å². The molecule has 0 unspecified atom stereocenters. The van der Waals surface area contributed by atoms with Crippen molar-refractivity contribution in [2.45, 2.75) is 19.8 Å². The molecule has 0 spiro atoms. The summed E-state index contributed by atoms with van der Waals surface area (Å²) < 4.78 is 1.08. The van der Waals surface area contributed by atoms with Crippen LogP contribution in [0.25, 0.3) is 10.2 Å². The van der Waals surface area contributed by atoms with Gasteiger partial charge < -0.3 is 10.2 Å². The maximum atomic E-state index is 11.7. The van der Waals surface area contributed by atoms with Crippen LogP contribution in [0.15, 0.2) is 18.2 Å². The molecule has 0 aliphatic carbocycles. The number of hydrogen-bond acceptors (Lipinski definition) is 4. The molecular weight excluding hydrogens is 270 g/mol. The van der Waals surface area contributed by atoms with Crippen LogP contribution < -0.4 is 10.2 Å². The predicted molar refractivity (Wildman–Crippen MR) is 83.6 cm³/mol. The molecule has 1 aromatic heterocycles. The predicted octanol–water partition coefficient (Wildman–Crippen LogP) is 2.89. The molecule has 1 fully saturated rings. The Morgan fingerprint density at radius 3 is 2.85 bits per heavy atom. The van der Waals surface area contributed by atoms with Gasteiger partial charge in [-0.15, -0.1) is 0 Å². The second-order valence-corrected chi connectivity index (χ2v) is 6.44. The molecule has 1 N–H and O–H groups in total. The number of fused-ring (bicyclic) bond motifs is 1. The first-order chi connectivity index (χ1) is 9.67. The third-order valence-corrected chi connectivity index (χ3v) is 5.00. The summed E-state index contributed by atoms with van der Waals surface area (Å²) in [6.45, 7) is 4.48. The smallest absolute Gasteiger partial charge is 0.251 e. The highest BCUT2D eigenvalue weighted by Crippen LogP contribution is 2.31. The van der Waals surface area contributed by atoms with Crippen LogP contribution in [0.2, 0.25) is 0 Å². The van der Waals surface area contributed by atoms with Crippen LogP contribution in [-0.4, -0.2) is 31.0 Å². The molecule has 1 saturated heterocycles. The summed E-state index contributed by atoms with van der Waals surface area (Å²) in [7, 11) is 1.65. The lowest BCUT2D eigenvalue weighted by Crippen LogP contribution is -2.32. The van der Waals surface area contributed by atoms with Crippen molar-refractivity contribution < 1.29 is 4.79 Å². The summed E-state index contributed by atoms with van der Waals surface area (Å²) in [6, 6.07) is 5.71. The number of carbonyl (C=O) groups is 1. The van der Waals surface area contributed by atoms with Crippen molar-refractivity contribution in [1.82, 2.24) is 10.3 Å². The average Bonchev–Trinajstić information content (AvgIpc) is 2.90. The van der Waals surface area contributed by atoms with Crippen molar-refractivity contribution in [3.63, 3.8) is 0 Å². The maximum Gasteiger partial charge on any atom is 0.251 e. The van der Waals surface area contributed by atoms with Gasteiger partial charge in [-0.25, -0.2) is 4.98 Å². The topological polar surface area (TPSA) is 45.2 Å². The number of anilines is 1. The SMILES string of the molecule is CNC(=O)c1ccc2nc(N3CCC(C)CC3)sc2c1. The molecule has 1 amide bonds. The van der Waals surface area contributed by atoms with Crippen molar-refractivity contribution >= 4 is 32.6 Å². The normalized spacial score (nSPS) is 16.6. The molecule has 1 aromatic carbocycles.